The number of furan rings is 1. The van der Waals surface area contributed by atoms with Gasteiger partial charge in [0, 0.05) is 12.4 Å². The minimum absolute atomic E-state index is 0.204. The fourth-order valence-electron chi connectivity index (χ4n) is 1.56. The van der Waals surface area contributed by atoms with Crippen molar-refractivity contribution in [2.45, 2.75) is 13.8 Å². The molecule has 2 rings (SSSR count). The molecule has 0 spiro atoms. The highest BCUT2D eigenvalue weighted by atomic mass is 32.1. The van der Waals surface area contributed by atoms with E-state index in [1.165, 1.54) is 28.8 Å². The second-order valence-electron chi connectivity index (χ2n) is 4.07. The highest BCUT2D eigenvalue weighted by molar-refractivity contribution is 7.14. The summed E-state index contributed by atoms with van der Waals surface area (Å²) < 4.78 is 9.85. The summed E-state index contributed by atoms with van der Waals surface area (Å²) in [5.74, 6) is -0.726. The fourth-order valence-corrected chi connectivity index (χ4v) is 2.32. The third-order valence-electron chi connectivity index (χ3n) is 2.65. The Bertz CT molecular complexity index is 632. The standard InChI is InChI=1S/C13H14N2O4S/c1-4-19-12(17)10-7-20-13(14-10)15(3)11(16)9-6-18-5-8(9)2/h5-7H,4H2,1-3H3. The maximum absolute atomic E-state index is 12.2. The number of anilines is 1. The van der Waals surface area contributed by atoms with Crippen LogP contribution in [0.4, 0.5) is 5.13 Å². The van der Waals surface area contributed by atoms with Crippen LogP contribution in [-0.2, 0) is 4.74 Å². The van der Waals surface area contributed by atoms with Crippen LogP contribution in [0.5, 0.6) is 0 Å². The van der Waals surface area contributed by atoms with E-state index in [1.807, 2.05) is 0 Å². The van der Waals surface area contributed by atoms with Gasteiger partial charge >= 0.3 is 5.97 Å². The molecule has 6 nitrogen and oxygen atoms in total. The molecule has 0 aliphatic heterocycles. The van der Waals surface area contributed by atoms with Gasteiger partial charge in [0.2, 0.25) is 0 Å². The molecule has 1 amide bonds. The van der Waals surface area contributed by atoms with E-state index in [0.29, 0.717) is 10.7 Å². The quantitative estimate of drug-likeness (QED) is 0.810. The number of esters is 1. The Hall–Kier alpha value is -2.15. The Kier molecular flexibility index (Phi) is 4.19. The lowest BCUT2D eigenvalue weighted by molar-refractivity contribution is 0.0520. The number of hydrogen-bond donors (Lipinski definition) is 0. The van der Waals surface area contributed by atoms with Gasteiger partial charge in [-0.1, -0.05) is 0 Å². The van der Waals surface area contributed by atoms with Gasteiger partial charge in [-0.05, 0) is 19.4 Å². The summed E-state index contributed by atoms with van der Waals surface area (Å²) in [7, 11) is 1.60. The van der Waals surface area contributed by atoms with Crippen molar-refractivity contribution in [3.05, 3.63) is 34.7 Å². The van der Waals surface area contributed by atoms with Crippen LogP contribution in [0.1, 0.15) is 33.3 Å². The molecule has 7 heteroatoms. The molecule has 0 aromatic carbocycles. The molecule has 2 aromatic rings. The summed E-state index contributed by atoms with van der Waals surface area (Å²) in [4.78, 5) is 29.3. The van der Waals surface area contributed by atoms with Crippen LogP contribution in [-0.4, -0.2) is 30.5 Å². The largest absolute Gasteiger partial charge is 0.471 e. The molecule has 2 aromatic heterocycles. The number of rotatable bonds is 4. The van der Waals surface area contributed by atoms with Crippen molar-refractivity contribution in [2.24, 2.45) is 0 Å². The predicted molar refractivity (Wildman–Crippen MR) is 74.2 cm³/mol. The third-order valence-corrected chi connectivity index (χ3v) is 3.57. The zero-order valence-electron chi connectivity index (χ0n) is 11.4. The lowest BCUT2D eigenvalue weighted by atomic mass is 10.2. The third kappa shape index (κ3) is 2.72. The lowest BCUT2D eigenvalue weighted by Gasteiger charge is -2.12. The van der Waals surface area contributed by atoms with Gasteiger partial charge in [0.25, 0.3) is 5.91 Å². The first kappa shape index (κ1) is 14.3. The minimum Gasteiger partial charge on any atom is -0.471 e. The SMILES string of the molecule is CCOC(=O)c1csc(N(C)C(=O)c2cocc2C)n1. The van der Waals surface area contributed by atoms with Crippen molar-refractivity contribution in [3.63, 3.8) is 0 Å². The molecule has 0 aliphatic carbocycles. The highest BCUT2D eigenvalue weighted by Crippen LogP contribution is 2.22. The summed E-state index contributed by atoms with van der Waals surface area (Å²) in [6.07, 6.45) is 2.90. The molecular weight excluding hydrogens is 280 g/mol. The normalized spacial score (nSPS) is 10.3. The molecule has 0 radical (unpaired) electrons. The summed E-state index contributed by atoms with van der Waals surface area (Å²) in [6, 6.07) is 0. The molecule has 0 saturated heterocycles. The number of aryl methyl sites for hydroxylation is 1. The first-order valence-corrected chi connectivity index (χ1v) is 6.86. The van der Waals surface area contributed by atoms with Gasteiger partial charge in [-0.3, -0.25) is 9.69 Å². The lowest BCUT2D eigenvalue weighted by Crippen LogP contribution is -2.26. The van der Waals surface area contributed by atoms with Crippen LogP contribution in [0.25, 0.3) is 0 Å². The Balaban J connectivity index is 2.18. The van der Waals surface area contributed by atoms with Gasteiger partial charge in [-0.15, -0.1) is 11.3 Å². The average molecular weight is 294 g/mol. The zero-order chi connectivity index (χ0) is 14.7. The molecule has 0 aliphatic rings. The van der Waals surface area contributed by atoms with E-state index >= 15 is 0 Å². The molecule has 0 fully saturated rings. The fraction of sp³-hybridized carbons (Fsp3) is 0.308. The second-order valence-corrected chi connectivity index (χ2v) is 4.90. The number of ether oxygens (including phenoxy) is 1. The highest BCUT2D eigenvalue weighted by Gasteiger charge is 2.21. The Morgan fingerprint density at radius 3 is 2.80 bits per heavy atom. The number of nitrogens with zero attached hydrogens (tertiary/aromatic N) is 2. The number of thiazole rings is 1. The first-order chi connectivity index (χ1) is 9.54. The van der Waals surface area contributed by atoms with Crippen LogP contribution in [0.15, 0.2) is 22.3 Å². The summed E-state index contributed by atoms with van der Waals surface area (Å²) in [6.45, 7) is 3.80. The van der Waals surface area contributed by atoms with Gasteiger partial charge in [-0.25, -0.2) is 9.78 Å². The van der Waals surface area contributed by atoms with E-state index in [2.05, 4.69) is 4.98 Å². The number of carbonyl (C=O) groups excluding carboxylic acids is 2. The van der Waals surface area contributed by atoms with E-state index < -0.39 is 5.97 Å². The Morgan fingerprint density at radius 1 is 1.45 bits per heavy atom. The molecule has 106 valence electrons. The summed E-state index contributed by atoms with van der Waals surface area (Å²) in [5, 5.41) is 2.00. The Labute approximate surface area is 120 Å². The summed E-state index contributed by atoms with van der Waals surface area (Å²) >= 11 is 1.21. The van der Waals surface area contributed by atoms with Crippen molar-refractivity contribution in [1.82, 2.24) is 4.98 Å². The van der Waals surface area contributed by atoms with Crippen LogP contribution in [0, 0.1) is 6.92 Å². The van der Waals surface area contributed by atoms with E-state index in [1.54, 1.807) is 26.3 Å². The van der Waals surface area contributed by atoms with E-state index in [4.69, 9.17) is 9.15 Å². The summed E-state index contributed by atoms with van der Waals surface area (Å²) in [5.41, 5.74) is 1.43. The topological polar surface area (TPSA) is 72.6 Å². The van der Waals surface area contributed by atoms with Crippen LogP contribution < -0.4 is 4.90 Å². The van der Waals surface area contributed by atoms with Gasteiger partial charge in [0.1, 0.15) is 6.26 Å². The van der Waals surface area contributed by atoms with E-state index in [0.717, 1.165) is 5.56 Å². The van der Waals surface area contributed by atoms with Crippen LogP contribution in [0.2, 0.25) is 0 Å². The van der Waals surface area contributed by atoms with Gasteiger partial charge in [0.05, 0.1) is 18.4 Å². The molecule has 20 heavy (non-hydrogen) atoms. The molecule has 0 unspecified atom stereocenters. The number of hydrogen-bond acceptors (Lipinski definition) is 6. The molecule has 2 heterocycles. The number of aromatic nitrogens is 1. The van der Waals surface area contributed by atoms with E-state index in [9.17, 15) is 9.59 Å². The van der Waals surface area contributed by atoms with Crippen LogP contribution in [0.3, 0.4) is 0 Å². The number of carbonyl (C=O) groups is 2. The zero-order valence-corrected chi connectivity index (χ0v) is 12.2. The van der Waals surface area contributed by atoms with Crippen molar-refractivity contribution >= 4 is 28.3 Å². The smallest absolute Gasteiger partial charge is 0.357 e. The van der Waals surface area contributed by atoms with Crippen molar-refractivity contribution in [2.75, 3.05) is 18.6 Å². The van der Waals surface area contributed by atoms with Gasteiger partial charge in [-0.2, -0.15) is 0 Å². The van der Waals surface area contributed by atoms with E-state index in [-0.39, 0.29) is 18.2 Å². The van der Waals surface area contributed by atoms with Crippen LogP contribution >= 0.6 is 11.3 Å². The Morgan fingerprint density at radius 2 is 2.20 bits per heavy atom. The molecule has 0 bridgehead atoms. The van der Waals surface area contributed by atoms with Crippen molar-refractivity contribution < 1.29 is 18.7 Å². The van der Waals surface area contributed by atoms with Gasteiger partial charge < -0.3 is 9.15 Å². The minimum atomic E-state index is -0.490. The second kappa shape index (κ2) is 5.87. The monoisotopic (exact) mass is 294 g/mol. The molecule has 0 saturated carbocycles. The number of amides is 1. The van der Waals surface area contributed by atoms with Crippen molar-refractivity contribution in [3.8, 4) is 0 Å². The molecular formula is C13H14N2O4S. The van der Waals surface area contributed by atoms with Gasteiger partial charge in [0.15, 0.2) is 10.8 Å². The van der Waals surface area contributed by atoms with Crippen molar-refractivity contribution in [1.29, 1.82) is 0 Å². The first-order valence-electron chi connectivity index (χ1n) is 5.98. The molecule has 0 N–H and O–H groups in total. The maximum Gasteiger partial charge on any atom is 0.357 e. The predicted octanol–water partition coefficient (Wildman–Crippen LogP) is 2.50. The molecule has 0 atom stereocenters. The maximum atomic E-state index is 12.2. The average Bonchev–Trinajstić information content (AvgIpc) is 3.06.